The van der Waals surface area contributed by atoms with Crippen LogP contribution in [-0.2, 0) is 0 Å². The lowest BCUT2D eigenvalue weighted by Gasteiger charge is -2.23. The third-order valence-corrected chi connectivity index (χ3v) is 3.95. The molecule has 94 valence electrons. The Hall–Kier alpha value is -0.900. The van der Waals surface area contributed by atoms with Crippen LogP contribution in [0, 0.1) is 0 Å². The van der Waals surface area contributed by atoms with Crippen molar-refractivity contribution in [2.24, 2.45) is 0 Å². The Kier molecular flexibility index (Phi) is 4.98. The summed E-state index contributed by atoms with van der Waals surface area (Å²) in [6.45, 7) is 2.86. The lowest BCUT2D eigenvalue weighted by atomic mass is 10.2. The fourth-order valence-electron chi connectivity index (χ4n) is 1.88. The Morgan fingerprint density at radius 3 is 3.29 bits per heavy atom. The van der Waals surface area contributed by atoms with Crippen LogP contribution in [0.25, 0.3) is 0 Å². The summed E-state index contributed by atoms with van der Waals surface area (Å²) in [6, 6.07) is 4.44. The van der Waals surface area contributed by atoms with Gasteiger partial charge in [-0.2, -0.15) is 11.8 Å². The van der Waals surface area contributed by atoms with E-state index < -0.39 is 0 Å². The predicted molar refractivity (Wildman–Crippen MR) is 74.0 cm³/mol. The van der Waals surface area contributed by atoms with Crippen LogP contribution < -0.4 is 10.1 Å². The molecular weight excluding hydrogens is 232 g/mol. The molecule has 3 nitrogen and oxygen atoms in total. The summed E-state index contributed by atoms with van der Waals surface area (Å²) in [5.41, 5.74) is 0. The Bertz CT molecular complexity index is 340. The van der Waals surface area contributed by atoms with E-state index in [0.29, 0.717) is 6.04 Å². The van der Waals surface area contributed by atoms with Gasteiger partial charge < -0.3 is 10.1 Å². The third-order valence-electron chi connectivity index (χ3n) is 2.73. The van der Waals surface area contributed by atoms with Gasteiger partial charge in [-0.15, -0.1) is 0 Å². The monoisotopic (exact) mass is 252 g/mol. The topological polar surface area (TPSA) is 34.1 Å². The summed E-state index contributed by atoms with van der Waals surface area (Å²) >= 11 is 2.01. The SMILES string of the molecule is CCCOc1cccnc1NC1CCCSC1. The largest absolute Gasteiger partial charge is 0.490 e. The van der Waals surface area contributed by atoms with E-state index in [2.05, 4.69) is 17.2 Å². The molecule has 0 spiro atoms. The van der Waals surface area contributed by atoms with Gasteiger partial charge >= 0.3 is 0 Å². The van der Waals surface area contributed by atoms with Crippen molar-refractivity contribution in [3.8, 4) is 5.75 Å². The zero-order chi connectivity index (χ0) is 11.9. The van der Waals surface area contributed by atoms with Gasteiger partial charge in [0.15, 0.2) is 11.6 Å². The second-order valence-electron chi connectivity index (χ2n) is 4.26. The standard InChI is InChI=1S/C13H20N2OS/c1-2-8-16-12-6-3-7-14-13(12)15-11-5-4-9-17-10-11/h3,6-7,11H,2,4-5,8-10H2,1H3,(H,14,15). The maximum Gasteiger partial charge on any atom is 0.168 e. The van der Waals surface area contributed by atoms with Crippen LogP contribution in [0.1, 0.15) is 26.2 Å². The van der Waals surface area contributed by atoms with Crippen LogP contribution in [0.5, 0.6) is 5.75 Å². The first-order valence-corrected chi connectivity index (χ1v) is 7.47. The lowest BCUT2D eigenvalue weighted by molar-refractivity contribution is 0.317. The summed E-state index contributed by atoms with van der Waals surface area (Å²) in [5.74, 6) is 4.24. The first-order chi connectivity index (χ1) is 8.40. The Morgan fingerprint density at radius 2 is 2.53 bits per heavy atom. The van der Waals surface area contributed by atoms with E-state index in [9.17, 15) is 0 Å². The Labute approximate surface area is 107 Å². The second-order valence-corrected chi connectivity index (χ2v) is 5.41. The number of nitrogens with one attached hydrogen (secondary N) is 1. The molecule has 0 aliphatic carbocycles. The van der Waals surface area contributed by atoms with Gasteiger partial charge in [0.25, 0.3) is 0 Å². The summed E-state index contributed by atoms with van der Waals surface area (Å²) in [4.78, 5) is 4.38. The third kappa shape index (κ3) is 3.80. The molecule has 1 unspecified atom stereocenters. The molecule has 1 N–H and O–H groups in total. The molecule has 0 aromatic carbocycles. The molecule has 1 aliphatic rings. The smallest absolute Gasteiger partial charge is 0.168 e. The summed E-state index contributed by atoms with van der Waals surface area (Å²) in [6.07, 6.45) is 5.36. The van der Waals surface area contributed by atoms with Crippen LogP contribution >= 0.6 is 11.8 Å². The van der Waals surface area contributed by atoms with E-state index >= 15 is 0 Å². The van der Waals surface area contributed by atoms with Gasteiger partial charge in [0.1, 0.15) is 0 Å². The van der Waals surface area contributed by atoms with E-state index in [-0.39, 0.29) is 0 Å². The van der Waals surface area contributed by atoms with Gasteiger partial charge in [-0.1, -0.05) is 6.92 Å². The lowest BCUT2D eigenvalue weighted by Crippen LogP contribution is -2.26. The molecule has 17 heavy (non-hydrogen) atoms. The zero-order valence-electron chi connectivity index (χ0n) is 10.3. The molecule has 0 amide bonds. The maximum absolute atomic E-state index is 5.70. The highest BCUT2D eigenvalue weighted by molar-refractivity contribution is 7.99. The van der Waals surface area contributed by atoms with E-state index in [1.165, 1.54) is 24.3 Å². The number of aromatic nitrogens is 1. The minimum atomic E-state index is 0.535. The van der Waals surface area contributed by atoms with Crippen molar-refractivity contribution in [2.75, 3.05) is 23.4 Å². The number of ether oxygens (including phenoxy) is 1. The molecule has 0 radical (unpaired) electrons. The first-order valence-electron chi connectivity index (χ1n) is 6.32. The molecule has 1 atom stereocenters. The van der Waals surface area contributed by atoms with Crippen molar-refractivity contribution in [2.45, 2.75) is 32.2 Å². The molecule has 2 heterocycles. The molecule has 4 heteroatoms. The summed E-state index contributed by atoms with van der Waals surface area (Å²) in [5, 5.41) is 3.50. The van der Waals surface area contributed by atoms with Crippen molar-refractivity contribution in [3.63, 3.8) is 0 Å². The van der Waals surface area contributed by atoms with Gasteiger partial charge in [0, 0.05) is 18.0 Å². The van der Waals surface area contributed by atoms with E-state index in [1.807, 2.05) is 30.1 Å². The second kappa shape index (κ2) is 6.74. The number of hydrogen-bond donors (Lipinski definition) is 1. The van der Waals surface area contributed by atoms with Gasteiger partial charge in [-0.05, 0) is 37.1 Å². The number of rotatable bonds is 5. The van der Waals surface area contributed by atoms with Gasteiger partial charge in [-0.3, -0.25) is 0 Å². The minimum Gasteiger partial charge on any atom is -0.490 e. The number of nitrogens with zero attached hydrogens (tertiary/aromatic N) is 1. The molecule has 1 aromatic heterocycles. The molecule has 2 rings (SSSR count). The highest BCUT2D eigenvalue weighted by Gasteiger charge is 2.15. The Morgan fingerprint density at radius 1 is 1.59 bits per heavy atom. The molecule has 0 bridgehead atoms. The van der Waals surface area contributed by atoms with Gasteiger partial charge in [-0.25, -0.2) is 4.98 Å². The van der Waals surface area contributed by atoms with Crippen molar-refractivity contribution in [1.29, 1.82) is 0 Å². The average Bonchev–Trinajstić information content (AvgIpc) is 2.39. The fourth-order valence-corrected chi connectivity index (χ4v) is 2.95. The highest BCUT2D eigenvalue weighted by atomic mass is 32.2. The van der Waals surface area contributed by atoms with Gasteiger partial charge in [0.05, 0.1) is 6.61 Å². The molecule has 0 saturated carbocycles. The minimum absolute atomic E-state index is 0.535. The highest BCUT2D eigenvalue weighted by Crippen LogP contribution is 2.25. The zero-order valence-corrected chi connectivity index (χ0v) is 11.1. The number of anilines is 1. The van der Waals surface area contributed by atoms with E-state index in [4.69, 9.17) is 4.74 Å². The molecular formula is C13H20N2OS. The molecule has 1 aromatic rings. The molecule has 1 fully saturated rings. The quantitative estimate of drug-likeness (QED) is 0.872. The van der Waals surface area contributed by atoms with Gasteiger partial charge in [0.2, 0.25) is 0 Å². The van der Waals surface area contributed by atoms with Crippen molar-refractivity contribution in [3.05, 3.63) is 18.3 Å². The van der Waals surface area contributed by atoms with E-state index in [0.717, 1.165) is 24.6 Å². The molecule has 1 saturated heterocycles. The van der Waals surface area contributed by atoms with Crippen LogP contribution in [-0.4, -0.2) is 29.1 Å². The maximum atomic E-state index is 5.70. The normalized spacial score (nSPS) is 19.9. The Balaban J connectivity index is 1.98. The van der Waals surface area contributed by atoms with Crippen LogP contribution in [0.15, 0.2) is 18.3 Å². The summed E-state index contributed by atoms with van der Waals surface area (Å²) in [7, 11) is 0. The predicted octanol–water partition coefficient (Wildman–Crippen LogP) is 3.18. The van der Waals surface area contributed by atoms with Crippen LogP contribution in [0.3, 0.4) is 0 Å². The summed E-state index contributed by atoms with van der Waals surface area (Å²) < 4.78 is 5.70. The number of hydrogen-bond acceptors (Lipinski definition) is 4. The van der Waals surface area contributed by atoms with Crippen LogP contribution in [0.2, 0.25) is 0 Å². The van der Waals surface area contributed by atoms with Crippen LogP contribution in [0.4, 0.5) is 5.82 Å². The van der Waals surface area contributed by atoms with E-state index in [1.54, 1.807) is 0 Å². The first kappa shape index (κ1) is 12.6. The molecule has 1 aliphatic heterocycles. The number of pyridine rings is 1. The van der Waals surface area contributed by atoms with Crippen molar-refractivity contribution in [1.82, 2.24) is 4.98 Å². The fraction of sp³-hybridized carbons (Fsp3) is 0.615. The van der Waals surface area contributed by atoms with Crippen molar-refractivity contribution < 1.29 is 4.74 Å². The number of thioether (sulfide) groups is 1. The van der Waals surface area contributed by atoms with Crippen molar-refractivity contribution >= 4 is 17.6 Å². The average molecular weight is 252 g/mol.